The third kappa shape index (κ3) is 5.51. The van der Waals surface area contributed by atoms with E-state index in [4.69, 9.17) is 16.7 Å². The molecule has 1 aliphatic rings. The van der Waals surface area contributed by atoms with E-state index in [1.54, 1.807) is 11.9 Å². The number of aliphatic hydroxyl groups excluding tert-OH is 2. The molecule has 2 heterocycles. The highest BCUT2D eigenvalue weighted by molar-refractivity contribution is 14.1. The fourth-order valence-corrected chi connectivity index (χ4v) is 5.76. The molecule has 0 fully saturated rings. The first-order chi connectivity index (χ1) is 14.5. The van der Waals surface area contributed by atoms with Crippen LogP contribution in [0.2, 0.25) is 5.02 Å². The van der Waals surface area contributed by atoms with Gasteiger partial charge in [-0.05, 0) is 58.2 Å². The first kappa shape index (κ1) is 24.2. The molecule has 0 saturated heterocycles. The van der Waals surface area contributed by atoms with E-state index in [2.05, 4.69) is 47.1 Å². The summed E-state index contributed by atoms with van der Waals surface area (Å²) >= 11 is 9.78. The van der Waals surface area contributed by atoms with Gasteiger partial charge in [0.15, 0.2) is 0 Å². The van der Waals surface area contributed by atoms with Gasteiger partial charge in [-0.25, -0.2) is 0 Å². The number of carbonyl (C=O) groups excluding carboxylic acids is 2. The molecule has 2 amide bonds. The molecule has 2 aromatic rings. The van der Waals surface area contributed by atoms with Crippen molar-refractivity contribution in [3.8, 4) is 0 Å². The van der Waals surface area contributed by atoms with Crippen LogP contribution in [0.5, 0.6) is 0 Å². The number of carbonyl (C=O) groups is 2. The van der Waals surface area contributed by atoms with Crippen LogP contribution in [-0.2, 0) is 6.42 Å². The van der Waals surface area contributed by atoms with Crippen LogP contribution in [-0.4, -0.2) is 59.8 Å². The van der Waals surface area contributed by atoms with E-state index < -0.39 is 18.6 Å². The molecule has 0 radical (unpaired) electrons. The van der Waals surface area contributed by atoms with Gasteiger partial charge >= 0.3 is 0 Å². The second kappa shape index (κ2) is 9.62. The average molecular weight is 578 g/mol. The number of fused-ring (bicyclic) bond motifs is 1. The highest BCUT2D eigenvalue weighted by Gasteiger charge is 2.36. The highest BCUT2D eigenvalue weighted by atomic mass is 127. The number of aliphatic hydroxyl groups is 2. The summed E-state index contributed by atoms with van der Waals surface area (Å²) in [5, 5.41) is 25.6. The van der Waals surface area contributed by atoms with Crippen LogP contribution in [0.25, 0.3) is 0 Å². The predicted octanol–water partition coefficient (Wildman–Crippen LogP) is 3.49. The van der Waals surface area contributed by atoms with Gasteiger partial charge in [0, 0.05) is 23.7 Å². The number of thiophene rings is 1. The Morgan fingerprint density at radius 1 is 1.42 bits per heavy atom. The van der Waals surface area contributed by atoms with E-state index in [9.17, 15) is 14.7 Å². The number of rotatable bonds is 6. The zero-order chi connectivity index (χ0) is 22.9. The van der Waals surface area contributed by atoms with Crippen LogP contribution < -0.4 is 10.6 Å². The molecule has 1 aromatic heterocycles. The van der Waals surface area contributed by atoms with E-state index in [0.717, 1.165) is 3.57 Å². The largest absolute Gasteiger partial charge is 0.394 e. The normalized spacial score (nSPS) is 16.5. The third-order valence-corrected chi connectivity index (χ3v) is 7.10. The van der Waals surface area contributed by atoms with Crippen molar-refractivity contribution in [1.82, 2.24) is 10.2 Å². The number of hydrogen-bond acceptors (Lipinski definition) is 6. The van der Waals surface area contributed by atoms with E-state index in [-0.39, 0.29) is 17.9 Å². The Balaban J connectivity index is 2.09. The Kier molecular flexibility index (Phi) is 7.52. The minimum atomic E-state index is -1.06. The maximum Gasteiger partial charge on any atom is 0.264 e. The van der Waals surface area contributed by atoms with Gasteiger partial charge in [0.2, 0.25) is 0 Å². The van der Waals surface area contributed by atoms with Crippen LogP contribution in [0.15, 0.2) is 18.2 Å². The first-order valence-electron chi connectivity index (χ1n) is 9.72. The average Bonchev–Trinajstić information content (AvgIpc) is 3.00. The zero-order valence-corrected chi connectivity index (χ0v) is 21.2. The zero-order valence-electron chi connectivity index (χ0n) is 17.5. The molecule has 0 aliphatic carbocycles. The smallest absolute Gasteiger partial charge is 0.264 e. The van der Waals surface area contributed by atoms with Gasteiger partial charge < -0.3 is 25.7 Å². The molecule has 0 spiro atoms. The fourth-order valence-electron chi connectivity index (χ4n) is 3.63. The van der Waals surface area contributed by atoms with Crippen molar-refractivity contribution in [2.75, 3.05) is 32.1 Å². The number of nitrogens with one attached hydrogen (secondary N) is 2. The maximum atomic E-state index is 13.2. The van der Waals surface area contributed by atoms with Gasteiger partial charge in [0.25, 0.3) is 11.8 Å². The summed E-state index contributed by atoms with van der Waals surface area (Å²) in [4.78, 5) is 28.4. The lowest BCUT2D eigenvalue weighted by Gasteiger charge is -2.27. The summed E-state index contributed by atoms with van der Waals surface area (Å²) in [6.07, 6.45) is -0.519. The molecule has 0 bridgehead atoms. The molecule has 3 rings (SSSR count). The summed E-state index contributed by atoms with van der Waals surface area (Å²) in [6.45, 7) is 4.14. The van der Waals surface area contributed by atoms with Crippen LogP contribution in [0, 0.1) is 8.99 Å². The molecule has 0 saturated carbocycles. The fraction of sp³-hybridized carbons (Fsp3) is 0.429. The van der Waals surface area contributed by atoms with Crippen LogP contribution in [0.1, 0.15) is 39.4 Å². The first-order valence-corrected chi connectivity index (χ1v) is 12.0. The second-order valence-electron chi connectivity index (χ2n) is 8.41. The SMILES string of the molecule is CN1CC(C)(C)Cc2c(sc(Nc3ccc(I)cc3Cl)c2C(=O)NC[C@H](O)CO)C1=O. The van der Waals surface area contributed by atoms with E-state index in [0.29, 0.717) is 44.7 Å². The molecule has 10 heteroatoms. The molecule has 7 nitrogen and oxygen atoms in total. The Bertz CT molecular complexity index is 1010. The number of halogens is 2. The molecule has 4 N–H and O–H groups in total. The molecule has 0 unspecified atom stereocenters. The molecule has 31 heavy (non-hydrogen) atoms. The minimum Gasteiger partial charge on any atom is -0.394 e. The number of hydrogen-bond donors (Lipinski definition) is 4. The summed E-state index contributed by atoms with van der Waals surface area (Å²) < 4.78 is 0.977. The van der Waals surface area contributed by atoms with Gasteiger partial charge in [0.05, 0.1) is 33.9 Å². The van der Waals surface area contributed by atoms with Crippen LogP contribution in [0.4, 0.5) is 10.7 Å². The molecular weight excluding hydrogens is 553 g/mol. The van der Waals surface area contributed by atoms with Gasteiger partial charge in [-0.1, -0.05) is 25.4 Å². The van der Waals surface area contributed by atoms with Gasteiger partial charge in [-0.15, -0.1) is 11.3 Å². The number of amides is 2. The molecule has 1 aliphatic heterocycles. The molecule has 168 valence electrons. The summed E-state index contributed by atoms with van der Waals surface area (Å²) in [6, 6.07) is 5.53. The standard InChI is InChI=1S/C21H25ClIN3O4S/c1-21(2)7-13-16(18(29)24-8-12(28)9-27)19(31-17(13)20(30)26(3)10-21)25-15-5-4-11(23)6-14(15)22/h4-6,12,25,27-28H,7-10H2,1-3H3,(H,24,29)/t12-/m0/s1. The third-order valence-electron chi connectivity index (χ3n) is 4.98. The van der Waals surface area contributed by atoms with E-state index in [1.165, 1.54) is 11.3 Å². The lowest BCUT2D eigenvalue weighted by atomic mass is 9.85. The van der Waals surface area contributed by atoms with Crippen molar-refractivity contribution >= 4 is 68.0 Å². The molecule has 1 atom stereocenters. The molecular formula is C21H25ClIN3O4S. The Labute approximate surface area is 203 Å². The minimum absolute atomic E-state index is 0.0963. The molecule has 1 aromatic carbocycles. The van der Waals surface area contributed by atoms with Gasteiger partial charge in [-0.2, -0.15) is 0 Å². The van der Waals surface area contributed by atoms with Gasteiger partial charge in [0.1, 0.15) is 5.00 Å². The maximum absolute atomic E-state index is 13.2. The lowest BCUT2D eigenvalue weighted by molar-refractivity contribution is 0.0757. The van der Waals surface area contributed by atoms with Crippen molar-refractivity contribution in [3.05, 3.63) is 42.8 Å². The summed E-state index contributed by atoms with van der Waals surface area (Å²) in [7, 11) is 1.76. The van der Waals surface area contributed by atoms with E-state index >= 15 is 0 Å². The number of anilines is 2. The summed E-state index contributed by atoms with van der Waals surface area (Å²) in [5.41, 5.74) is 1.46. The number of benzene rings is 1. The highest BCUT2D eigenvalue weighted by Crippen LogP contribution is 2.42. The van der Waals surface area contributed by atoms with Crippen molar-refractivity contribution in [1.29, 1.82) is 0 Å². The van der Waals surface area contributed by atoms with Crippen molar-refractivity contribution in [2.24, 2.45) is 5.41 Å². The summed E-state index contributed by atoms with van der Waals surface area (Å²) in [5.74, 6) is -0.543. The van der Waals surface area contributed by atoms with Crippen LogP contribution in [0.3, 0.4) is 0 Å². The predicted molar refractivity (Wildman–Crippen MR) is 132 cm³/mol. The number of nitrogens with zero attached hydrogens (tertiary/aromatic N) is 1. The Hall–Kier alpha value is -1.40. The Morgan fingerprint density at radius 3 is 2.77 bits per heavy atom. The monoisotopic (exact) mass is 577 g/mol. The van der Waals surface area contributed by atoms with Gasteiger partial charge in [-0.3, -0.25) is 9.59 Å². The van der Waals surface area contributed by atoms with Crippen molar-refractivity contribution in [3.63, 3.8) is 0 Å². The van der Waals surface area contributed by atoms with Crippen molar-refractivity contribution in [2.45, 2.75) is 26.4 Å². The quantitative estimate of drug-likeness (QED) is 0.394. The Morgan fingerprint density at radius 2 is 2.13 bits per heavy atom. The van der Waals surface area contributed by atoms with E-state index in [1.807, 2.05) is 18.2 Å². The second-order valence-corrected chi connectivity index (χ2v) is 11.1. The lowest BCUT2D eigenvalue weighted by Crippen LogP contribution is -2.35. The van der Waals surface area contributed by atoms with Crippen molar-refractivity contribution < 1.29 is 19.8 Å². The van der Waals surface area contributed by atoms with Crippen LogP contribution >= 0.6 is 45.5 Å². The topological polar surface area (TPSA) is 102 Å².